The highest BCUT2D eigenvalue weighted by Crippen LogP contribution is 1.94. The topological polar surface area (TPSA) is 96.3 Å². The van der Waals surface area contributed by atoms with E-state index in [2.05, 4.69) is 9.46 Å². The van der Waals surface area contributed by atoms with Crippen LogP contribution in [0.15, 0.2) is 0 Å². The number of nitrogens with one attached hydrogen (secondary N) is 1. The van der Waals surface area contributed by atoms with E-state index in [1.165, 1.54) is 6.92 Å². The van der Waals surface area contributed by atoms with E-state index < -0.39 is 27.8 Å². The number of ether oxygens (including phenoxy) is 1. The number of hydrogen-bond donors (Lipinski definition) is 1. The number of methoxy groups -OCH3 is 1. The molecule has 0 saturated heterocycles. The molecule has 0 saturated carbocycles. The van der Waals surface area contributed by atoms with Gasteiger partial charge in [-0.05, 0) is 6.92 Å². The summed E-state index contributed by atoms with van der Waals surface area (Å²) in [5.41, 5.74) is 0. The highest BCUT2D eigenvalue weighted by atomic mass is 32.2. The molecule has 0 aromatic heterocycles. The molecule has 0 aliphatic carbocycles. The third kappa shape index (κ3) is 5.50. The minimum absolute atomic E-state index is 0.0560. The van der Waals surface area contributed by atoms with Crippen LogP contribution in [0.1, 0.15) is 13.3 Å². The molecule has 0 radical (unpaired) electrons. The lowest BCUT2D eigenvalue weighted by atomic mass is 10.3. The number of esters is 1. The number of carbonyl (C=O) groups is 1. The highest BCUT2D eigenvalue weighted by Gasteiger charge is 2.18. The summed E-state index contributed by atoms with van der Waals surface area (Å²) in [5.74, 6) is -1.55. The summed E-state index contributed by atoms with van der Waals surface area (Å²) in [6.07, 6.45) is 0.0560. The van der Waals surface area contributed by atoms with Crippen LogP contribution in [0.25, 0.3) is 0 Å². The first kappa shape index (κ1) is 12.9. The van der Waals surface area contributed by atoms with Crippen molar-refractivity contribution in [2.45, 2.75) is 19.4 Å². The molecule has 14 heavy (non-hydrogen) atoms. The Hall–Kier alpha value is -1.13. The summed E-state index contributed by atoms with van der Waals surface area (Å²) < 4.78 is 28.7. The predicted molar refractivity (Wildman–Crippen MR) is 48.6 cm³/mol. The first-order valence-corrected chi connectivity index (χ1v) is 5.50. The van der Waals surface area contributed by atoms with Crippen molar-refractivity contribution in [2.24, 2.45) is 0 Å². The summed E-state index contributed by atoms with van der Waals surface area (Å²) in [6, 6.07) is 1.31. The molecule has 6 nitrogen and oxygen atoms in total. The molecule has 0 bridgehead atoms. The largest absolute Gasteiger partial charge is 0.468 e. The Kier molecular flexibility index (Phi) is 5.12. The predicted octanol–water partition coefficient (Wildman–Crippen LogP) is -0.619. The Morgan fingerprint density at radius 3 is 2.64 bits per heavy atom. The van der Waals surface area contributed by atoms with Crippen molar-refractivity contribution in [3.05, 3.63) is 0 Å². The van der Waals surface area contributed by atoms with Crippen LogP contribution in [-0.4, -0.2) is 33.3 Å². The maximum absolute atomic E-state index is 11.2. The molecule has 7 heteroatoms. The number of nitrogens with zero attached hydrogens (tertiary/aromatic N) is 1. The van der Waals surface area contributed by atoms with Gasteiger partial charge in [0.05, 0.1) is 19.6 Å². The third-order valence-corrected chi connectivity index (χ3v) is 2.69. The van der Waals surface area contributed by atoms with Crippen molar-refractivity contribution < 1.29 is 17.9 Å². The zero-order valence-corrected chi connectivity index (χ0v) is 8.80. The van der Waals surface area contributed by atoms with Gasteiger partial charge in [0.1, 0.15) is 0 Å². The van der Waals surface area contributed by atoms with E-state index in [4.69, 9.17) is 5.26 Å². The first-order chi connectivity index (χ1) is 6.41. The van der Waals surface area contributed by atoms with Crippen molar-refractivity contribution >= 4 is 16.0 Å². The van der Waals surface area contributed by atoms with Crippen molar-refractivity contribution in [3.63, 3.8) is 0 Å². The molecule has 0 heterocycles. The van der Waals surface area contributed by atoms with Crippen LogP contribution in [0.2, 0.25) is 0 Å². The van der Waals surface area contributed by atoms with Gasteiger partial charge in [-0.25, -0.2) is 13.1 Å². The molecule has 0 amide bonds. The Morgan fingerprint density at radius 1 is 1.64 bits per heavy atom. The lowest BCUT2D eigenvalue weighted by molar-refractivity contribution is -0.137. The molecular formula is C7H12N2O4S. The van der Waals surface area contributed by atoms with Gasteiger partial charge < -0.3 is 4.74 Å². The maximum Gasteiger partial charge on any atom is 0.322 e. The molecule has 0 fully saturated rings. The second-order valence-electron chi connectivity index (χ2n) is 2.72. The number of hydrogen-bond acceptors (Lipinski definition) is 5. The number of carbonyl (C=O) groups excluding carboxylic acids is 1. The fraction of sp³-hybridized carbons (Fsp3) is 0.714. The number of sulfonamides is 1. The number of rotatable bonds is 5. The van der Waals surface area contributed by atoms with E-state index >= 15 is 0 Å². The monoisotopic (exact) mass is 220 g/mol. The maximum atomic E-state index is 11.2. The van der Waals surface area contributed by atoms with Gasteiger partial charge in [0, 0.05) is 6.04 Å². The van der Waals surface area contributed by atoms with E-state index in [9.17, 15) is 13.2 Å². The molecule has 80 valence electrons. The molecule has 1 N–H and O–H groups in total. The van der Waals surface area contributed by atoms with Crippen molar-refractivity contribution in [2.75, 3.05) is 12.9 Å². The van der Waals surface area contributed by atoms with Gasteiger partial charge >= 0.3 is 5.97 Å². The van der Waals surface area contributed by atoms with Gasteiger partial charge in [0.2, 0.25) is 10.0 Å². The van der Waals surface area contributed by atoms with E-state index in [0.29, 0.717) is 0 Å². The summed E-state index contributed by atoms with van der Waals surface area (Å²) in [6.45, 7) is 1.54. The molecule has 0 aliphatic rings. The first-order valence-electron chi connectivity index (χ1n) is 3.85. The Bertz CT molecular complexity index is 330. The van der Waals surface area contributed by atoms with Gasteiger partial charge in [-0.15, -0.1) is 0 Å². The van der Waals surface area contributed by atoms with Crippen molar-refractivity contribution in [1.82, 2.24) is 4.72 Å². The minimum Gasteiger partial charge on any atom is -0.468 e. The van der Waals surface area contributed by atoms with Crippen LogP contribution in [0, 0.1) is 11.3 Å². The average molecular weight is 220 g/mol. The van der Waals surface area contributed by atoms with E-state index in [1.54, 1.807) is 0 Å². The van der Waals surface area contributed by atoms with Gasteiger partial charge in [-0.1, -0.05) is 0 Å². The molecule has 0 aliphatic heterocycles. The fourth-order valence-electron chi connectivity index (χ4n) is 0.741. The summed E-state index contributed by atoms with van der Waals surface area (Å²) in [7, 11) is -2.58. The lowest BCUT2D eigenvalue weighted by Crippen LogP contribution is -2.36. The Balaban J connectivity index is 4.23. The zero-order chi connectivity index (χ0) is 11.2. The molecular weight excluding hydrogens is 208 g/mol. The SMILES string of the molecule is COC(=O)CS(=O)(=O)NC(C)CC#N. The van der Waals surface area contributed by atoms with Crippen LogP contribution < -0.4 is 4.72 Å². The van der Waals surface area contributed by atoms with Crippen molar-refractivity contribution in [3.8, 4) is 6.07 Å². The van der Waals surface area contributed by atoms with Crippen LogP contribution >= 0.6 is 0 Å². The minimum atomic E-state index is -3.69. The molecule has 0 aromatic carbocycles. The molecule has 1 atom stereocenters. The highest BCUT2D eigenvalue weighted by molar-refractivity contribution is 7.90. The zero-order valence-electron chi connectivity index (χ0n) is 7.98. The van der Waals surface area contributed by atoms with E-state index in [0.717, 1.165) is 7.11 Å². The van der Waals surface area contributed by atoms with E-state index in [-0.39, 0.29) is 6.42 Å². The third-order valence-electron chi connectivity index (χ3n) is 1.31. The summed E-state index contributed by atoms with van der Waals surface area (Å²) in [5, 5.41) is 8.29. The summed E-state index contributed by atoms with van der Waals surface area (Å²) >= 11 is 0. The molecule has 0 aromatic rings. The van der Waals surface area contributed by atoms with Crippen LogP contribution in [0.5, 0.6) is 0 Å². The van der Waals surface area contributed by atoms with Crippen LogP contribution in [0.3, 0.4) is 0 Å². The molecule has 0 rings (SSSR count). The second kappa shape index (κ2) is 5.57. The standard InChI is InChI=1S/C7H12N2O4S/c1-6(3-4-8)9-14(11,12)5-7(10)13-2/h6,9H,3,5H2,1-2H3. The Morgan fingerprint density at radius 2 is 2.21 bits per heavy atom. The van der Waals surface area contributed by atoms with E-state index in [1.807, 2.05) is 6.07 Å². The second-order valence-corrected chi connectivity index (χ2v) is 4.47. The van der Waals surface area contributed by atoms with Gasteiger partial charge in [-0.2, -0.15) is 5.26 Å². The van der Waals surface area contributed by atoms with Gasteiger partial charge in [0.15, 0.2) is 5.75 Å². The molecule has 1 unspecified atom stereocenters. The quantitative estimate of drug-likeness (QED) is 0.623. The average Bonchev–Trinajstić information content (AvgIpc) is 2.02. The van der Waals surface area contributed by atoms with Crippen molar-refractivity contribution in [1.29, 1.82) is 5.26 Å². The summed E-state index contributed by atoms with van der Waals surface area (Å²) in [4.78, 5) is 10.7. The van der Waals surface area contributed by atoms with Gasteiger partial charge in [0.25, 0.3) is 0 Å². The Labute approximate surface area is 82.9 Å². The van der Waals surface area contributed by atoms with Crippen LogP contribution in [-0.2, 0) is 19.6 Å². The van der Waals surface area contributed by atoms with Gasteiger partial charge in [-0.3, -0.25) is 4.79 Å². The van der Waals surface area contributed by atoms with Crippen LogP contribution in [0.4, 0.5) is 0 Å². The smallest absolute Gasteiger partial charge is 0.322 e. The fourth-order valence-corrected chi connectivity index (χ4v) is 1.95. The molecule has 0 spiro atoms. The lowest BCUT2D eigenvalue weighted by Gasteiger charge is -2.09. The normalized spacial score (nSPS) is 12.9. The number of nitriles is 1.